The molecule has 0 heterocycles. The van der Waals surface area contributed by atoms with Crippen LogP contribution >= 0.6 is 9.03 Å². The molecule has 12 heavy (non-hydrogen) atoms. The van der Waals surface area contributed by atoms with Crippen molar-refractivity contribution in [1.82, 2.24) is 0 Å². The smallest absolute Gasteiger partial charge is 0.152 e. The van der Waals surface area contributed by atoms with Crippen LogP contribution in [0.25, 0.3) is 0 Å². The van der Waals surface area contributed by atoms with E-state index >= 15 is 0 Å². The Bertz CT molecular complexity index is 68.9. The van der Waals surface area contributed by atoms with E-state index in [0.717, 1.165) is 13.0 Å². The molecule has 0 aromatic heterocycles. The van der Waals surface area contributed by atoms with Crippen molar-refractivity contribution in [2.45, 2.75) is 51.9 Å². The Kier molecular flexibility index (Phi) is 11.7. The fourth-order valence-corrected chi connectivity index (χ4v) is 1.41. The molecule has 0 aliphatic carbocycles. The molecule has 0 radical (unpaired) electrons. The lowest BCUT2D eigenvalue weighted by atomic mass is 10.1. The van der Waals surface area contributed by atoms with Crippen molar-refractivity contribution in [3.63, 3.8) is 0 Å². The zero-order valence-corrected chi connectivity index (χ0v) is 9.01. The zero-order chi connectivity index (χ0) is 9.07. The summed E-state index contributed by atoms with van der Waals surface area (Å²) in [6.07, 6.45) is 9.07. The minimum Gasteiger partial charge on any atom is -0.352 e. The molecule has 0 amide bonds. The van der Waals surface area contributed by atoms with E-state index in [4.69, 9.17) is 9.42 Å². The van der Waals surface area contributed by atoms with E-state index in [1.165, 1.54) is 38.5 Å². The Hall–Kier alpha value is 0.350. The minimum atomic E-state index is -0.330. The van der Waals surface area contributed by atoms with Crippen LogP contribution in [0.5, 0.6) is 0 Å². The molecule has 0 bridgehead atoms. The van der Waals surface area contributed by atoms with Gasteiger partial charge in [0.15, 0.2) is 9.03 Å². The van der Waals surface area contributed by atoms with Crippen molar-refractivity contribution in [2.75, 3.05) is 6.61 Å². The summed E-state index contributed by atoms with van der Waals surface area (Å²) < 4.78 is 4.84. The Balaban J connectivity index is 2.73. The molecule has 3 heteroatoms. The predicted molar refractivity (Wildman–Crippen MR) is 54.5 cm³/mol. The lowest BCUT2D eigenvalue weighted by Crippen LogP contribution is -1.86. The minimum absolute atomic E-state index is 0.330. The molecule has 0 saturated heterocycles. The molecule has 0 aliphatic heterocycles. The highest BCUT2D eigenvalue weighted by molar-refractivity contribution is 7.24. The van der Waals surface area contributed by atoms with Crippen LogP contribution in [0.1, 0.15) is 51.9 Å². The summed E-state index contributed by atoms with van der Waals surface area (Å²) in [6, 6.07) is 0. The van der Waals surface area contributed by atoms with Crippen molar-refractivity contribution in [3.8, 4) is 0 Å². The largest absolute Gasteiger partial charge is 0.352 e. The van der Waals surface area contributed by atoms with Crippen LogP contribution in [0.3, 0.4) is 0 Å². The van der Waals surface area contributed by atoms with Gasteiger partial charge in [-0.3, -0.25) is 0 Å². The summed E-state index contributed by atoms with van der Waals surface area (Å²) in [5, 5.41) is 0. The fourth-order valence-electron chi connectivity index (χ4n) is 1.18. The van der Waals surface area contributed by atoms with E-state index in [9.17, 15) is 0 Å². The number of hydrogen-bond donors (Lipinski definition) is 1. The van der Waals surface area contributed by atoms with Crippen molar-refractivity contribution in [2.24, 2.45) is 0 Å². The van der Waals surface area contributed by atoms with Gasteiger partial charge >= 0.3 is 0 Å². The molecule has 0 spiro atoms. The molecule has 0 saturated carbocycles. The summed E-state index contributed by atoms with van der Waals surface area (Å²) in [5.74, 6) is 0. The number of hydrogen-bond acceptors (Lipinski definition) is 2. The number of rotatable bonds is 9. The first-order valence-corrected chi connectivity index (χ1v) is 5.78. The summed E-state index contributed by atoms with van der Waals surface area (Å²) in [4.78, 5) is 8.34. The van der Waals surface area contributed by atoms with E-state index in [1.807, 2.05) is 0 Å². The highest BCUT2D eigenvalue weighted by Crippen LogP contribution is 2.09. The Morgan fingerprint density at radius 3 is 2.17 bits per heavy atom. The second-order valence-electron chi connectivity index (χ2n) is 3.06. The van der Waals surface area contributed by atoms with Crippen LogP contribution in [0.4, 0.5) is 0 Å². The first-order chi connectivity index (χ1) is 5.91. The maximum Gasteiger partial charge on any atom is 0.152 e. The van der Waals surface area contributed by atoms with Gasteiger partial charge < -0.3 is 9.42 Å². The normalized spacial score (nSPS) is 11.5. The van der Waals surface area contributed by atoms with E-state index in [0.29, 0.717) is 0 Å². The van der Waals surface area contributed by atoms with E-state index in [1.54, 1.807) is 0 Å². The molecule has 0 aliphatic rings. The van der Waals surface area contributed by atoms with Gasteiger partial charge in [0.2, 0.25) is 0 Å². The third-order valence-corrected chi connectivity index (χ3v) is 2.25. The maximum atomic E-state index is 8.34. The predicted octanol–water partition coefficient (Wildman–Crippen LogP) is 3.25. The first-order valence-electron chi connectivity index (χ1n) is 4.92. The van der Waals surface area contributed by atoms with E-state index in [2.05, 4.69) is 6.92 Å². The second-order valence-corrected chi connectivity index (χ2v) is 3.53. The Morgan fingerprint density at radius 1 is 1.00 bits per heavy atom. The molecule has 1 atom stereocenters. The van der Waals surface area contributed by atoms with Crippen molar-refractivity contribution < 1.29 is 9.42 Å². The Morgan fingerprint density at radius 2 is 1.58 bits per heavy atom. The van der Waals surface area contributed by atoms with E-state index in [-0.39, 0.29) is 9.03 Å². The van der Waals surface area contributed by atoms with Gasteiger partial charge in [-0.05, 0) is 6.42 Å². The van der Waals surface area contributed by atoms with Crippen LogP contribution < -0.4 is 0 Å². The molecule has 0 aromatic rings. The third-order valence-electron chi connectivity index (χ3n) is 1.91. The van der Waals surface area contributed by atoms with Gasteiger partial charge in [-0.2, -0.15) is 0 Å². The van der Waals surface area contributed by atoms with Crippen molar-refractivity contribution >= 4 is 9.03 Å². The topological polar surface area (TPSA) is 29.5 Å². The summed E-state index contributed by atoms with van der Waals surface area (Å²) >= 11 is 0. The molecule has 0 aromatic carbocycles. The third kappa shape index (κ3) is 10.3. The number of unbranched alkanes of at least 4 members (excludes halogenated alkanes) is 6. The molecule has 1 unspecified atom stereocenters. The van der Waals surface area contributed by atoms with Crippen LogP contribution in [-0.2, 0) is 4.52 Å². The van der Waals surface area contributed by atoms with Crippen molar-refractivity contribution in [3.05, 3.63) is 0 Å². The zero-order valence-electron chi connectivity index (χ0n) is 8.01. The molecule has 0 rings (SSSR count). The molecule has 74 valence electrons. The summed E-state index contributed by atoms with van der Waals surface area (Å²) in [5.41, 5.74) is 0. The van der Waals surface area contributed by atoms with Gasteiger partial charge in [-0.15, -0.1) is 0 Å². The average molecular weight is 192 g/mol. The molecular formula is C9H21O2P. The van der Waals surface area contributed by atoms with Crippen molar-refractivity contribution in [1.29, 1.82) is 0 Å². The second kappa shape index (κ2) is 11.4. The maximum absolute atomic E-state index is 8.34. The van der Waals surface area contributed by atoms with Crippen LogP contribution in [0.2, 0.25) is 0 Å². The van der Waals surface area contributed by atoms with Gasteiger partial charge in [0.25, 0.3) is 0 Å². The van der Waals surface area contributed by atoms with Crippen LogP contribution in [-0.4, -0.2) is 11.5 Å². The highest BCUT2D eigenvalue weighted by Gasteiger charge is 1.90. The monoisotopic (exact) mass is 192 g/mol. The highest BCUT2D eigenvalue weighted by atomic mass is 31.1. The molecular weight excluding hydrogens is 171 g/mol. The Labute approximate surface area is 77.7 Å². The standard InChI is InChI=1S/C9H21O2P/c1-2-3-4-5-6-7-8-9-11-12-10/h10,12H,2-9H2,1H3. The summed E-state index contributed by atoms with van der Waals surface area (Å²) in [7, 11) is -0.330. The molecule has 2 nitrogen and oxygen atoms in total. The SMILES string of the molecule is CCCCCCCCCOPO. The van der Waals surface area contributed by atoms with Gasteiger partial charge in [-0.1, -0.05) is 45.4 Å². The first kappa shape index (κ1) is 12.3. The molecule has 1 N–H and O–H groups in total. The van der Waals surface area contributed by atoms with Gasteiger partial charge in [0, 0.05) is 0 Å². The van der Waals surface area contributed by atoms with Gasteiger partial charge in [-0.25, -0.2) is 0 Å². The lowest BCUT2D eigenvalue weighted by Gasteiger charge is -2.00. The summed E-state index contributed by atoms with van der Waals surface area (Å²) in [6.45, 7) is 2.96. The van der Waals surface area contributed by atoms with Gasteiger partial charge in [0.05, 0.1) is 6.61 Å². The van der Waals surface area contributed by atoms with Gasteiger partial charge in [0.1, 0.15) is 0 Å². The fraction of sp³-hybridized carbons (Fsp3) is 1.00. The van der Waals surface area contributed by atoms with Crippen LogP contribution in [0, 0.1) is 0 Å². The van der Waals surface area contributed by atoms with E-state index < -0.39 is 0 Å². The average Bonchev–Trinajstić information content (AvgIpc) is 2.10. The quantitative estimate of drug-likeness (QED) is 0.449. The molecule has 0 fully saturated rings. The van der Waals surface area contributed by atoms with Crippen LogP contribution in [0.15, 0.2) is 0 Å². The lowest BCUT2D eigenvalue weighted by molar-refractivity contribution is 0.313.